The van der Waals surface area contributed by atoms with Gasteiger partial charge in [-0.1, -0.05) is 30.8 Å². The summed E-state index contributed by atoms with van der Waals surface area (Å²) in [4.78, 5) is 14.3. The molecule has 0 spiro atoms. The second kappa shape index (κ2) is 12.6. The number of hydrogen-bond donors (Lipinski definition) is 1. The molecule has 2 fully saturated rings. The molecule has 248 valence electrons. The van der Waals surface area contributed by atoms with E-state index in [0.29, 0.717) is 15.3 Å². The van der Waals surface area contributed by atoms with Crippen LogP contribution >= 0.6 is 0 Å². The lowest BCUT2D eigenvalue weighted by Crippen LogP contribution is -2.45. The van der Waals surface area contributed by atoms with E-state index in [4.69, 9.17) is 0 Å². The maximum absolute atomic E-state index is 14.3. The molecule has 8 nitrogen and oxygen atoms in total. The Bertz CT molecular complexity index is 1600. The van der Waals surface area contributed by atoms with Gasteiger partial charge in [0.2, 0.25) is 26.0 Å². The van der Waals surface area contributed by atoms with Crippen LogP contribution in [0.2, 0.25) is 0 Å². The van der Waals surface area contributed by atoms with Crippen LogP contribution in [0.25, 0.3) is 0 Å². The van der Waals surface area contributed by atoms with E-state index >= 15 is 0 Å². The van der Waals surface area contributed by atoms with Crippen LogP contribution in [0.1, 0.15) is 41.9 Å². The fraction of sp³-hybridized carbons (Fsp3) is 0.464. The Morgan fingerprint density at radius 2 is 1.53 bits per heavy atom. The highest BCUT2D eigenvalue weighted by Gasteiger charge is 2.50. The number of benzene rings is 2. The molecule has 2 aliphatic rings. The van der Waals surface area contributed by atoms with Gasteiger partial charge in [-0.2, -0.15) is 17.5 Å². The number of likely N-dealkylation sites (tertiary alicyclic amines) is 1. The summed E-state index contributed by atoms with van der Waals surface area (Å²) in [6.45, 7) is 0.731. The van der Waals surface area contributed by atoms with Crippen LogP contribution in [0, 0.1) is 0 Å². The predicted octanol–water partition coefficient (Wildman–Crippen LogP) is 4.75. The average molecular weight is 686 g/mol. The first-order chi connectivity index (χ1) is 20.7. The van der Waals surface area contributed by atoms with Crippen LogP contribution in [0.15, 0.2) is 65.4 Å². The minimum Gasteiger partial charge on any atom is -0.342 e. The highest BCUT2D eigenvalue weighted by atomic mass is 32.2. The quantitative estimate of drug-likeness (QED) is 0.364. The van der Waals surface area contributed by atoms with E-state index in [2.05, 4.69) is 6.58 Å². The molecule has 0 bridgehead atoms. The lowest BCUT2D eigenvalue weighted by molar-refractivity contribution is -0.139. The van der Waals surface area contributed by atoms with Gasteiger partial charge in [-0.25, -0.2) is 39.1 Å². The van der Waals surface area contributed by atoms with Crippen molar-refractivity contribution in [1.82, 2.24) is 13.9 Å². The molecular formula is C28H30F7N3O5S2. The average Bonchev–Trinajstić information content (AvgIpc) is 3.29. The van der Waals surface area contributed by atoms with E-state index in [0.717, 1.165) is 24.3 Å². The summed E-state index contributed by atoms with van der Waals surface area (Å²) in [7, 11) is -8.64. The van der Waals surface area contributed by atoms with Crippen LogP contribution in [0.3, 0.4) is 0 Å². The van der Waals surface area contributed by atoms with Crippen molar-refractivity contribution < 1.29 is 52.4 Å². The van der Waals surface area contributed by atoms with Crippen LogP contribution < -0.4 is 4.72 Å². The maximum Gasteiger partial charge on any atom is 0.416 e. The molecule has 0 radical (unpaired) electrons. The van der Waals surface area contributed by atoms with Crippen LogP contribution in [0.5, 0.6) is 0 Å². The Balaban J connectivity index is 1.62. The third-order valence-electron chi connectivity index (χ3n) is 7.78. The molecule has 0 saturated carbocycles. The van der Waals surface area contributed by atoms with Crippen molar-refractivity contribution in [1.29, 1.82) is 0 Å². The molecular weight excluding hydrogens is 655 g/mol. The predicted molar refractivity (Wildman–Crippen MR) is 149 cm³/mol. The van der Waals surface area contributed by atoms with Crippen molar-refractivity contribution in [3.8, 4) is 0 Å². The van der Waals surface area contributed by atoms with Crippen LogP contribution in [0.4, 0.5) is 30.7 Å². The van der Waals surface area contributed by atoms with Gasteiger partial charge < -0.3 is 4.90 Å². The number of carbonyl (C=O) groups is 1. The number of rotatable bonds is 10. The second-order valence-corrected chi connectivity index (χ2v) is 14.6. The van der Waals surface area contributed by atoms with Gasteiger partial charge in [0, 0.05) is 50.3 Å². The minimum atomic E-state index is -4.60. The zero-order valence-electron chi connectivity index (χ0n) is 23.6. The second-order valence-electron chi connectivity index (χ2n) is 11.0. The first-order valence-corrected chi connectivity index (χ1v) is 16.7. The standard InChI is InChI=1S/C28H30F7N3O5S2/c1-2-44(40,41)36-17-22-16-27(31,32)18-38(22)45(42,43)23-9-5-20(6-10-23)24(25(39)37-13-11-26(29,30)12-14-37)15-19-3-7-21(8-4-19)28(33,34)35/h2-10,22,24,36H,1,11-18H2/t22-,24?/m1/s1. The van der Waals surface area contributed by atoms with E-state index in [1.54, 1.807) is 0 Å². The molecule has 2 saturated heterocycles. The smallest absolute Gasteiger partial charge is 0.342 e. The molecule has 1 unspecified atom stereocenters. The summed E-state index contributed by atoms with van der Waals surface area (Å²) >= 11 is 0. The zero-order chi connectivity index (χ0) is 33.4. The van der Waals surface area contributed by atoms with E-state index in [1.807, 2.05) is 4.72 Å². The normalized spacial score (nSPS) is 21.4. The summed E-state index contributed by atoms with van der Waals surface area (Å²) in [6.07, 6.45) is -6.83. The number of amides is 1. The zero-order valence-corrected chi connectivity index (χ0v) is 25.2. The first-order valence-electron chi connectivity index (χ1n) is 13.7. The molecule has 1 N–H and O–H groups in total. The van der Waals surface area contributed by atoms with Gasteiger partial charge in [0.25, 0.3) is 11.8 Å². The van der Waals surface area contributed by atoms with E-state index < -0.39 is 98.7 Å². The molecule has 4 rings (SSSR count). The Hall–Kier alpha value is -3.02. The first kappa shape index (κ1) is 34.8. The third-order valence-corrected chi connectivity index (χ3v) is 10.7. The number of hydrogen-bond acceptors (Lipinski definition) is 5. The molecule has 0 aliphatic carbocycles. The molecule has 2 heterocycles. The van der Waals surface area contributed by atoms with E-state index in [1.165, 1.54) is 29.2 Å². The SMILES string of the molecule is C=CS(=O)(=O)NC[C@H]1CC(F)(F)CN1S(=O)(=O)c1ccc(C(Cc2ccc(C(F)(F)F)cc2)C(=O)N2CCC(F)(F)CC2)cc1. The van der Waals surface area contributed by atoms with Gasteiger partial charge in [0.15, 0.2) is 0 Å². The molecule has 17 heteroatoms. The summed E-state index contributed by atoms with van der Waals surface area (Å²) in [5, 5.41) is 0.551. The van der Waals surface area contributed by atoms with Crippen molar-refractivity contribution >= 4 is 26.0 Å². The molecule has 2 aromatic carbocycles. The molecule has 2 atom stereocenters. The summed E-state index contributed by atoms with van der Waals surface area (Å²) < 4.78 is 148. The molecule has 45 heavy (non-hydrogen) atoms. The number of alkyl halides is 7. The van der Waals surface area contributed by atoms with Crippen molar-refractivity contribution in [3.05, 3.63) is 77.2 Å². The highest BCUT2D eigenvalue weighted by Crippen LogP contribution is 2.37. The number of sulfonamides is 2. The topological polar surface area (TPSA) is 104 Å². The Morgan fingerprint density at radius 3 is 2.07 bits per heavy atom. The molecule has 1 amide bonds. The van der Waals surface area contributed by atoms with Crippen molar-refractivity contribution in [2.45, 2.75) is 60.6 Å². The summed E-state index contributed by atoms with van der Waals surface area (Å²) in [5.74, 6) is -8.08. The molecule has 2 aromatic rings. The van der Waals surface area contributed by atoms with Crippen LogP contribution in [-0.4, -0.2) is 76.0 Å². The molecule has 2 aliphatic heterocycles. The minimum absolute atomic E-state index is 0.139. The lowest BCUT2D eigenvalue weighted by Gasteiger charge is -2.34. The van der Waals surface area contributed by atoms with Crippen molar-refractivity contribution in [3.63, 3.8) is 0 Å². The Kier molecular flexibility index (Phi) is 9.79. The Labute approximate surface area is 256 Å². The highest BCUT2D eigenvalue weighted by molar-refractivity contribution is 7.92. The van der Waals surface area contributed by atoms with Gasteiger partial charge in [-0.05, 0) is 41.8 Å². The number of nitrogens with one attached hydrogen (secondary N) is 1. The monoisotopic (exact) mass is 685 g/mol. The van der Waals surface area contributed by atoms with Gasteiger partial charge in [0.1, 0.15) is 0 Å². The van der Waals surface area contributed by atoms with Gasteiger partial charge in [-0.3, -0.25) is 4.79 Å². The molecule has 0 aromatic heterocycles. The number of carbonyl (C=O) groups excluding carboxylic acids is 1. The van der Waals surface area contributed by atoms with Crippen molar-refractivity contribution in [2.24, 2.45) is 0 Å². The maximum atomic E-state index is 14.3. The number of halogens is 7. The lowest BCUT2D eigenvalue weighted by atomic mass is 9.89. The van der Waals surface area contributed by atoms with Gasteiger partial charge in [-0.15, -0.1) is 0 Å². The summed E-state index contributed by atoms with van der Waals surface area (Å²) in [5.41, 5.74) is -0.368. The van der Waals surface area contributed by atoms with Crippen molar-refractivity contribution in [2.75, 3.05) is 26.2 Å². The fourth-order valence-electron chi connectivity index (χ4n) is 5.29. The van der Waals surface area contributed by atoms with E-state index in [9.17, 15) is 52.4 Å². The largest absolute Gasteiger partial charge is 0.416 e. The Morgan fingerprint density at radius 1 is 0.956 bits per heavy atom. The van der Waals surface area contributed by atoms with Gasteiger partial charge >= 0.3 is 6.18 Å². The third kappa shape index (κ3) is 8.42. The van der Waals surface area contributed by atoms with E-state index in [-0.39, 0.29) is 25.1 Å². The number of nitrogens with zero attached hydrogens (tertiary/aromatic N) is 2. The van der Waals surface area contributed by atoms with Crippen LogP contribution in [-0.2, 0) is 37.4 Å². The fourth-order valence-corrected chi connectivity index (χ4v) is 7.48. The van der Waals surface area contributed by atoms with Gasteiger partial charge in [0.05, 0.1) is 22.9 Å². The number of piperidine rings is 1. The summed E-state index contributed by atoms with van der Waals surface area (Å²) in [6, 6.07) is 7.26.